The Hall–Kier alpha value is -0.980. The molecule has 0 saturated carbocycles. The molecule has 0 heterocycles. The lowest BCUT2D eigenvalue weighted by Gasteiger charge is -2.34. The zero-order chi connectivity index (χ0) is 15.6. The Bertz CT molecular complexity index is 535. The van der Waals surface area contributed by atoms with Gasteiger partial charge in [-0.15, -0.1) is 0 Å². The van der Waals surface area contributed by atoms with Gasteiger partial charge in [0.25, 0.3) is 0 Å². The summed E-state index contributed by atoms with van der Waals surface area (Å²) in [5, 5.41) is 10.1. The van der Waals surface area contributed by atoms with Gasteiger partial charge in [0.05, 0.1) is 16.5 Å². The summed E-state index contributed by atoms with van der Waals surface area (Å²) < 4.78 is 39.9. The molecule has 0 spiro atoms. The molecule has 20 heavy (non-hydrogen) atoms. The third-order valence-electron chi connectivity index (χ3n) is 3.38. The molecule has 0 saturated heterocycles. The first-order valence-corrected chi connectivity index (χ1v) is 8.06. The molecule has 0 aliphatic heterocycles. The second-order valence-electron chi connectivity index (χ2n) is 5.59. The van der Waals surface area contributed by atoms with E-state index in [0.29, 0.717) is 0 Å². The summed E-state index contributed by atoms with van der Waals surface area (Å²) in [7, 11) is -3.79. The molecule has 0 radical (unpaired) electrons. The van der Waals surface area contributed by atoms with Crippen molar-refractivity contribution in [3.05, 3.63) is 30.1 Å². The second-order valence-corrected chi connectivity index (χ2v) is 7.31. The Morgan fingerprint density at radius 1 is 1.30 bits per heavy atom. The standard InChI is InChI=1S/C14H22FNO3S/c1-5-10(2)13(14(3,4)17)16-20(18,19)12-8-6-11(15)7-9-12/h6-10,13,16-17H,5H2,1-4H3/t10-,13-/m0/s1. The number of rotatable bonds is 6. The van der Waals surface area contributed by atoms with E-state index in [2.05, 4.69) is 4.72 Å². The highest BCUT2D eigenvalue weighted by atomic mass is 32.2. The number of aliphatic hydroxyl groups is 1. The van der Waals surface area contributed by atoms with Crippen LogP contribution in [0.5, 0.6) is 0 Å². The molecule has 0 aromatic heterocycles. The van der Waals surface area contributed by atoms with Crippen LogP contribution < -0.4 is 4.72 Å². The number of sulfonamides is 1. The van der Waals surface area contributed by atoms with Gasteiger partial charge in [0.1, 0.15) is 5.82 Å². The molecule has 0 bridgehead atoms. The van der Waals surface area contributed by atoms with Crippen LogP contribution in [0.4, 0.5) is 4.39 Å². The summed E-state index contributed by atoms with van der Waals surface area (Å²) in [6.07, 6.45) is 0.723. The van der Waals surface area contributed by atoms with Gasteiger partial charge in [-0.2, -0.15) is 0 Å². The van der Waals surface area contributed by atoms with Crippen molar-refractivity contribution in [1.82, 2.24) is 4.72 Å². The van der Waals surface area contributed by atoms with Crippen molar-refractivity contribution in [1.29, 1.82) is 0 Å². The summed E-state index contributed by atoms with van der Waals surface area (Å²) >= 11 is 0. The molecule has 0 amide bonds. The molecule has 0 fully saturated rings. The van der Waals surface area contributed by atoms with Gasteiger partial charge in [0.2, 0.25) is 10.0 Å². The van der Waals surface area contributed by atoms with Gasteiger partial charge in [0, 0.05) is 0 Å². The van der Waals surface area contributed by atoms with Crippen molar-refractivity contribution in [3.63, 3.8) is 0 Å². The van der Waals surface area contributed by atoms with Crippen molar-refractivity contribution >= 4 is 10.0 Å². The van der Waals surface area contributed by atoms with Crippen molar-refractivity contribution in [2.45, 2.75) is 50.7 Å². The fraction of sp³-hybridized carbons (Fsp3) is 0.571. The number of halogens is 1. The van der Waals surface area contributed by atoms with Crippen molar-refractivity contribution in [2.24, 2.45) is 5.92 Å². The largest absolute Gasteiger partial charge is 0.389 e. The number of benzene rings is 1. The molecule has 0 aliphatic carbocycles. The predicted octanol–water partition coefficient (Wildman–Crippen LogP) is 2.29. The van der Waals surface area contributed by atoms with Crippen LogP contribution in [0.2, 0.25) is 0 Å². The minimum absolute atomic E-state index is 0.0172. The molecule has 2 N–H and O–H groups in total. The minimum atomic E-state index is -3.79. The summed E-state index contributed by atoms with van der Waals surface area (Å²) in [6, 6.07) is 3.97. The van der Waals surface area contributed by atoms with Crippen LogP contribution in [0, 0.1) is 11.7 Å². The van der Waals surface area contributed by atoms with E-state index in [-0.39, 0.29) is 10.8 Å². The topological polar surface area (TPSA) is 66.4 Å². The van der Waals surface area contributed by atoms with Gasteiger partial charge in [-0.05, 0) is 44.0 Å². The third-order valence-corrected chi connectivity index (χ3v) is 4.84. The lowest BCUT2D eigenvalue weighted by Crippen LogP contribution is -2.52. The van der Waals surface area contributed by atoms with E-state index in [4.69, 9.17) is 0 Å². The van der Waals surface area contributed by atoms with E-state index in [0.717, 1.165) is 18.6 Å². The summed E-state index contributed by atoms with van der Waals surface area (Å²) in [5.74, 6) is -0.532. The lowest BCUT2D eigenvalue weighted by atomic mass is 9.87. The zero-order valence-electron chi connectivity index (χ0n) is 12.2. The Balaban J connectivity index is 3.06. The van der Waals surface area contributed by atoms with Crippen molar-refractivity contribution in [2.75, 3.05) is 0 Å². The fourth-order valence-electron chi connectivity index (χ4n) is 2.04. The predicted molar refractivity (Wildman–Crippen MR) is 76.3 cm³/mol. The minimum Gasteiger partial charge on any atom is -0.389 e. The highest BCUT2D eigenvalue weighted by Gasteiger charge is 2.34. The van der Waals surface area contributed by atoms with E-state index < -0.39 is 27.5 Å². The van der Waals surface area contributed by atoms with E-state index >= 15 is 0 Å². The summed E-state index contributed by atoms with van der Waals surface area (Å²) in [5.41, 5.74) is -1.19. The summed E-state index contributed by atoms with van der Waals surface area (Å²) in [4.78, 5) is -0.0172. The Morgan fingerprint density at radius 3 is 2.20 bits per heavy atom. The zero-order valence-corrected chi connectivity index (χ0v) is 13.0. The highest BCUT2D eigenvalue weighted by Crippen LogP contribution is 2.22. The van der Waals surface area contributed by atoms with Gasteiger partial charge in [-0.3, -0.25) is 0 Å². The maximum atomic E-state index is 12.9. The Kier molecular flexibility index (Phi) is 5.29. The molecule has 1 rings (SSSR count). The first-order chi connectivity index (χ1) is 9.08. The van der Waals surface area contributed by atoms with E-state index in [1.807, 2.05) is 13.8 Å². The van der Waals surface area contributed by atoms with Crippen LogP contribution in [-0.4, -0.2) is 25.2 Å². The molecule has 4 nitrogen and oxygen atoms in total. The Labute approximate surface area is 120 Å². The third kappa shape index (κ3) is 4.26. The smallest absolute Gasteiger partial charge is 0.240 e. The molecule has 0 unspecified atom stereocenters. The Morgan fingerprint density at radius 2 is 1.80 bits per heavy atom. The maximum absolute atomic E-state index is 12.9. The van der Waals surface area contributed by atoms with Gasteiger partial charge in [-0.25, -0.2) is 17.5 Å². The van der Waals surface area contributed by atoms with Crippen LogP contribution in [0.3, 0.4) is 0 Å². The lowest BCUT2D eigenvalue weighted by molar-refractivity contribution is 0.0257. The number of nitrogens with one attached hydrogen (secondary N) is 1. The van der Waals surface area contributed by atoms with Gasteiger partial charge in [0.15, 0.2) is 0 Å². The first-order valence-electron chi connectivity index (χ1n) is 6.58. The monoisotopic (exact) mass is 303 g/mol. The average Bonchev–Trinajstić information content (AvgIpc) is 2.34. The average molecular weight is 303 g/mol. The first kappa shape index (κ1) is 17.1. The molecular formula is C14H22FNO3S. The fourth-order valence-corrected chi connectivity index (χ4v) is 3.53. The normalized spacial score (nSPS) is 15.9. The quantitative estimate of drug-likeness (QED) is 0.847. The molecule has 6 heteroatoms. The van der Waals surface area contributed by atoms with Crippen LogP contribution in [0.1, 0.15) is 34.1 Å². The van der Waals surface area contributed by atoms with Crippen molar-refractivity contribution in [3.8, 4) is 0 Å². The van der Waals surface area contributed by atoms with Gasteiger partial charge < -0.3 is 5.11 Å². The molecule has 0 aliphatic rings. The maximum Gasteiger partial charge on any atom is 0.240 e. The van der Waals surface area contributed by atoms with Gasteiger partial charge >= 0.3 is 0 Å². The van der Waals surface area contributed by atoms with E-state index in [1.54, 1.807) is 13.8 Å². The molecule has 2 atom stereocenters. The van der Waals surface area contributed by atoms with Crippen LogP contribution in [0.25, 0.3) is 0 Å². The second kappa shape index (κ2) is 6.20. The molecule has 114 valence electrons. The number of hydrogen-bond acceptors (Lipinski definition) is 3. The molecular weight excluding hydrogens is 281 g/mol. The SMILES string of the molecule is CC[C@H](C)[C@H](NS(=O)(=O)c1ccc(F)cc1)C(C)(C)O. The van der Waals surface area contributed by atoms with Gasteiger partial charge in [-0.1, -0.05) is 20.3 Å². The van der Waals surface area contributed by atoms with E-state index in [9.17, 15) is 17.9 Å². The van der Waals surface area contributed by atoms with Crippen LogP contribution >= 0.6 is 0 Å². The summed E-state index contributed by atoms with van der Waals surface area (Å²) in [6.45, 7) is 6.93. The van der Waals surface area contributed by atoms with Crippen molar-refractivity contribution < 1.29 is 17.9 Å². The highest BCUT2D eigenvalue weighted by molar-refractivity contribution is 7.89. The van der Waals surface area contributed by atoms with Crippen LogP contribution in [0.15, 0.2) is 29.2 Å². The number of hydrogen-bond donors (Lipinski definition) is 2. The van der Waals surface area contributed by atoms with Crippen LogP contribution in [-0.2, 0) is 10.0 Å². The molecule has 1 aromatic carbocycles. The molecule has 1 aromatic rings. The van der Waals surface area contributed by atoms with E-state index in [1.165, 1.54) is 12.1 Å².